The van der Waals surface area contributed by atoms with Crippen LogP contribution in [0.1, 0.15) is 6.92 Å². The van der Waals surface area contributed by atoms with Crippen LogP contribution in [0, 0.1) is 16.3 Å². The normalized spacial score (nSPS) is 11.6. The Kier molecular flexibility index (Phi) is 5.56. The number of thioether (sulfide) groups is 1. The van der Waals surface area contributed by atoms with Gasteiger partial charge in [-0.3, -0.25) is 4.79 Å². The monoisotopic (exact) mass is 335 g/mol. The van der Waals surface area contributed by atoms with Gasteiger partial charge in [0.2, 0.25) is 5.91 Å². The smallest absolute Gasteiger partial charge is 0.234 e. The van der Waals surface area contributed by atoms with Crippen molar-refractivity contribution >= 4 is 41.2 Å². The summed E-state index contributed by atoms with van der Waals surface area (Å²) in [6.07, 6.45) is 5.12. The summed E-state index contributed by atoms with van der Waals surface area (Å²) in [5, 5.41) is 6.84. The molecular formula is C14H13N3OS3. The van der Waals surface area contributed by atoms with Gasteiger partial charge in [0.25, 0.3) is 0 Å². The van der Waals surface area contributed by atoms with E-state index in [9.17, 15) is 4.79 Å². The Morgan fingerprint density at radius 2 is 2.29 bits per heavy atom. The number of nitrogens with one attached hydrogen (secondary N) is 1. The minimum atomic E-state index is -0.275. The molecule has 2 rings (SSSR count). The summed E-state index contributed by atoms with van der Waals surface area (Å²) in [5.41, 5.74) is 0.912. The van der Waals surface area contributed by atoms with Crippen LogP contribution in [-0.4, -0.2) is 27.5 Å². The van der Waals surface area contributed by atoms with Crippen molar-refractivity contribution in [3.63, 3.8) is 0 Å². The van der Waals surface area contributed by atoms with Gasteiger partial charge in [-0.25, -0.2) is 4.68 Å². The first-order valence-corrected chi connectivity index (χ1v) is 8.25. The van der Waals surface area contributed by atoms with Crippen molar-refractivity contribution in [2.45, 2.75) is 16.5 Å². The molecule has 1 amide bonds. The number of amides is 1. The number of para-hydroxylation sites is 1. The van der Waals surface area contributed by atoms with Crippen LogP contribution in [-0.2, 0) is 4.79 Å². The lowest BCUT2D eigenvalue weighted by Crippen LogP contribution is -2.31. The Morgan fingerprint density at radius 1 is 1.57 bits per heavy atom. The molecule has 0 aliphatic heterocycles. The van der Waals surface area contributed by atoms with Crippen molar-refractivity contribution < 1.29 is 4.79 Å². The quantitative estimate of drug-likeness (QED) is 0.518. The molecule has 0 fully saturated rings. The number of carbonyl (C=O) groups excluding carboxylic acids is 1. The number of hydrogen-bond acceptors (Lipinski definition) is 5. The zero-order valence-corrected chi connectivity index (χ0v) is 13.7. The van der Waals surface area contributed by atoms with Crippen LogP contribution in [0.4, 0.5) is 0 Å². The Bertz CT molecular complexity index is 715. The minimum absolute atomic E-state index is 0.106. The van der Waals surface area contributed by atoms with E-state index >= 15 is 0 Å². The third-order valence-corrected chi connectivity index (χ3v) is 4.96. The summed E-state index contributed by atoms with van der Waals surface area (Å²) in [6, 6.07) is 9.67. The topological polar surface area (TPSA) is 46.9 Å². The Balaban J connectivity index is 2.11. The molecule has 0 radical (unpaired) electrons. The lowest BCUT2D eigenvalue weighted by Gasteiger charge is -2.07. The molecule has 0 aliphatic rings. The SMILES string of the molecule is C#CCNC(=O)C(C)Sc1nn(-c2ccccc2)c(=S)s1. The van der Waals surface area contributed by atoms with Crippen LogP contribution in [0.2, 0.25) is 0 Å². The third kappa shape index (κ3) is 4.17. The van der Waals surface area contributed by atoms with E-state index in [4.69, 9.17) is 18.6 Å². The molecular weight excluding hydrogens is 322 g/mol. The first-order valence-electron chi connectivity index (χ1n) is 6.15. The van der Waals surface area contributed by atoms with Crippen LogP contribution in [0.3, 0.4) is 0 Å². The first kappa shape index (κ1) is 15.8. The summed E-state index contributed by atoms with van der Waals surface area (Å²) < 4.78 is 3.11. The highest BCUT2D eigenvalue weighted by molar-refractivity contribution is 8.02. The molecule has 1 unspecified atom stereocenters. The molecule has 1 aromatic heterocycles. The molecule has 108 valence electrons. The maximum absolute atomic E-state index is 11.8. The van der Waals surface area contributed by atoms with Gasteiger partial charge in [0.05, 0.1) is 17.5 Å². The fourth-order valence-electron chi connectivity index (χ4n) is 1.53. The number of nitrogens with zero attached hydrogens (tertiary/aromatic N) is 2. The zero-order chi connectivity index (χ0) is 15.2. The van der Waals surface area contributed by atoms with Gasteiger partial charge in [0.1, 0.15) is 0 Å². The van der Waals surface area contributed by atoms with Gasteiger partial charge in [-0.1, -0.05) is 47.2 Å². The molecule has 1 N–H and O–H groups in total. The molecule has 7 heteroatoms. The van der Waals surface area contributed by atoms with Crippen molar-refractivity contribution in [2.24, 2.45) is 0 Å². The fourth-order valence-corrected chi connectivity index (χ4v) is 4.06. The predicted octanol–water partition coefficient (Wildman–Crippen LogP) is 2.89. The van der Waals surface area contributed by atoms with E-state index < -0.39 is 0 Å². The summed E-state index contributed by atoms with van der Waals surface area (Å²) in [6.45, 7) is 2.05. The van der Waals surface area contributed by atoms with Gasteiger partial charge in [-0.05, 0) is 31.3 Å². The molecule has 1 atom stereocenters. The molecule has 4 nitrogen and oxygen atoms in total. The highest BCUT2D eigenvalue weighted by atomic mass is 32.2. The van der Waals surface area contributed by atoms with Crippen LogP contribution >= 0.6 is 35.3 Å². The van der Waals surface area contributed by atoms with Crippen molar-refractivity contribution in [3.05, 3.63) is 34.3 Å². The maximum atomic E-state index is 11.8. The summed E-state index contributed by atoms with van der Waals surface area (Å²) in [4.78, 5) is 11.8. The maximum Gasteiger partial charge on any atom is 0.234 e. The Labute approximate surface area is 136 Å². The average Bonchev–Trinajstić information content (AvgIpc) is 2.86. The molecule has 0 spiro atoms. The molecule has 0 saturated carbocycles. The number of aromatic nitrogens is 2. The zero-order valence-electron chi connectivity index (χ0n) is 11.3. The second-order valence-corrected chi connectivity index (χ2v) is 7.27. The van der Waals surface area contributed by atoms with Crippen LogP contribution in [0.25, 0.3) is 5.69 Å². The molecule has 0 aliphatic carbocycles. The van der Waals surface area contributed by atoms with Crippen LogP contribution < -0.4 is 5.32 Å². The van der Waals surface area contributed by atoms with Crippen molar-refractivity contribution in [3.8, 4) is 18.0 Å². The summed E-state index contributed by atoms with van der Waals surface area (Å²) in [5.74, 6) is 2.27. The van der Waals surface area contributed by atoms with Gasteiger partial charge < -0.3 is 5.32 Å². The molecule has 21 heavy (non-hydrogen) atoms. The lowest BCUT2D eigenvalue weighted by atomic mass is 10.3. The van der Waals surface area contributed by atoms with E-state index in [0.717, 1.165) is 10.0 Å². The van der Waals surface area contributed by atoms with Gasteiger partial charge in [-0.15, -0.1) is 11.5 Å². The average molecular weight is 335 g/mol. The van der Waals surface area contributed by atoms with Crippen LogP contribution in [0.15, 0.2) is 34.7 Å². The predicted molar refractivity (Wildman–Crippen MR) is 89.4 cm³/mol. The molecule has 2 aromatic rings. The van der Waals surface area contributed by atoms with E-state index in [0.29, 0.717) is 3.95 Å². The summed E-state index contributed by atoms with van der Waals surface area (Å²) >= 11 is 8.08. The minimum Gasteiger partial charge on any atom is -0.344 e. The number of terminal acetylenes is 1. The van der Waals surface area contributed by atoms with E-state index in [2.05, 4.69) is 16.3 Å². The number of benzene rings is 1. The van der Waals surface area contributed by atoms with Crippen molar-refractivity contribution in [1.82, 2.24) is 15.1 Å². The van der Waals surface area contributed by atoms with E-state index in [1.54, 1.807) is 4.68 Å². The summed E-state index contributed by atoms with van der Waals surface area (Å²) in [7, 11) is 0. The first-order chi connectivity index (χ1) is 10.1. The van der Waals surface area contributed by atoms with E-state index in [-0.39, 0.29) is 17.7 Å². The number of carbonyl (C=O) groups is 1. The van der Waals surface area contributed by atoms with Gasteiger partial charge in [0, 0.05) is 0 Å². The van der Waals surface area contributed by atoms with Gasteiger partial charge >= 0.3 is 0 Å². The largest absolute Gasteiger partial charge is 0.344 e. The van der Waals surface area contributed by atoms with Crippen LogP contribution in [0.5, 0.6) is 0 Å². The highest BCUT2D eigenvalue weighted by Gasteiger charge is 2.16. The molecule has 1 aromatic carbocycles. The molecule has 0 saturated heterocycles. The number of rotatable bonds is 5. The van der Waals surface area contributed by atoms with Gasteiger partial charge in [-0.2, -0.15) is 0 Å². The standard InChI is InChI=1S/C14H13N3OS3/c1-3-9-15-12(18)10(2)20-13-16-17(14(19)21-13)11-7-5-4-6-8-11/h1,4-8,10H,9H2,2H3,(H,15,18). The van der Waals surface area contributed by atoms with Gasteiger partial charge in [0.15, 0.2) is 8.29 Å². The van der Waals surface area contributed by atoms with E-state index in [1.807, 2.05) is 37.3 Å². The van der Waals surface area contributed by atoms with E-state index in [1.165, 1.54) is 23.1 Å². The molecule has 0 bridgehead atoms. The molecule has 1 heterocycles. The third-order valence-electron chi connectivity index (χ3n) is 2.54. The fraction of sp³-hybridized carbons (Fsp3) is 0.214. The van der Waals surface area contributed by atoms with Crippen molar-refractivity contribution in [1.29, 1.82) is 0 Å². The highest BCUT2D eigenvalue weighted by Crippen LogP contribution is 2.27. The second kappa shape index (κ2) is 7.41. The van der Waals surface area contributed by atoms with Crippen molar-refractivity contribution in [2.75, 3.05) is 6.54 Å². The lowest BCUT2D eigenvalue weighted by molar-refractivity contribution is -0.120. The second-order valence-electron chi connectivity index (χ2n) is 4.06. The Hall–Kier alpha value is -1.62. The Morgan fingerprint density at radius 3 is 2.95 bits per heavy atom. The number of hydrogen-bond donors (Lipinski definition) is 1.